The number of amides is 1. The third-order valence-corrected chi connectivity index (χ3v) is 6.35. The van der Waals surface area contributed by atoms with E-state index < -0.39 is 0 Å². The third kappa shape index (κ3) is 4.28. The fourth-order valence-corrected chi connectivity index (χ4v) is 4.56. The first-order valence-corrected chi connectivity index (χ1v) is 11.3. The Morgan fingerprint density at radius 3 is 2.82 bits per heavy atom. The Morgan fingerprint density at radius 2 is 1.97 bits per heavy atom. The number of hydrogen-bond donors (Lipinski definition) is 1. The second-order valence-corrected chi connectivity index (χ2v) is 8.66. The van der Waals surface area contributed by atoms with Gasteiger partial charge in [0.15, 0.2) is 0 Å². The summed E-state index contributed by atoms with van der Waals surface area (Å²) < 4.78 is 0. The summed E-state index contributed by atoms with van der Waals surface area (Å²) in [6.45, 7) is 5.51. The zero-order valence-corrected chi connectivity index (χ0v) is 18.8. The summed E-state index contributed by atoms with van der Waals surface area (Å²) >= 11 is 0. The second kappa shape index (κ2) is 8.97. The van der Waals surface area contributed by atoms with Gasteiger partial charge >= 0.3 is 0 Å². The number of rotatable bonds is 5. The van der Waals surface area contributed by atoms with Crippen molar-refractivity contribution in [3.8, 4) is 5.69 Å². The van der Waals surface area contributed by atoms with Crippen molar-refractivity contribution in [2.45, 2.75) is 32.7 Å². The van der Waals surface area contributed by atoms with Crippen LogP contribution in [0.4, 0.5) is 5.95 Å². The number of nitrogens with zero attached hydrogens (tertiary/aromatic N) is 6. The van der Waals surface area contributed by atoms with Crippen LogP contribution in [0, 0.1) is 12.8 Å². The average molecular weight is 442 g/mol. The standard InChI is InChI=1S/C25H27N7O/c1-17-9-10-22(32-28-11-12-29-32)20(14-17)24(33)31-13-5-6-18(2)23(31)16-27-25-26-15-19-7-3-4-8-21(19)30-25/h3-4,7-12,14-15,18,23H,5-6,13,16H2,1-2H3,(H,26,27,30)/t18-,23?/m1/s1. The summed E-state index contributed by atoms with van der Waals surface area (Å²) in [5.74, 6) is 0.936. The molecule has 2 atom stereocenters. The van der Waals surface area contributed by atoms with Crippen LogP contribution in [0.15, 0.2) is 61.1 Å². The van der Waals surface area contributed by atoms with E-state index in [0.29, 0.717) is 36.2 Å². The molecule has 0 radical (unpaired) electrons. The Kier molecular flexibility index (Phi) is 5.73. The minimum absolute atomic E-state index is 0.00350. The van der Waals surface area contributed by atoms with Gasteiger partial charge in [0.2, 0.25) is 5.95 Å². The molecular weight excluding hydrogens is 414 g/mol. The van der Waals surface area contributed by atoms with Crippen LogP contribution in [0.25, 0.3) is 16.6 Å². The number of hydrogen-bond acceptors (Lipinski definition) is 6. The van der Waals surface area contributed by atoms with Gasteiger partial charge in [-0.15, -0.1) is 0 Å². The van der Waals surface area contributed by atoms with Crippen molar-refractivity contribution in [2.24, 2.45) is 5.92 Å². The molecule has 1 N–H and O–H groups in total. The highest BCUT2D eigenvalue weighted by Gasteiger charge is 2.33. The maximum Gasteiger partial charge on any atom is 0.256 e. The van der Waals surface area contributed by atoms with Gasteiger partial charge in [-0.1, -0.05) is 36.8 Å². The molecule has 1 aliphatic heterocycles. The topological polar surface area (TPSA) is 88.8 Å². The van der Waals surface area contributed by atoms with E-state index in [-0.39, 0.29) is 11.9 Å². The molecule has 4 aromatic rings. The lowest BCUT2D eigenvalue weighted by Crippen LogP contribution is -2.51. The van der Waals surface area contributed by atoms with Crippen LogP contribution in [0.3, 0.4) is 0 Å². The van der Waals surface area contributed by atoms with Crippen LogP contribution in [-0.4, -0.2) is 54.9 Å². The highest BCUT2D eigenvalue weighted by Crippen LogP contribution is 2.27. The predicted octanol–water partition coefficient (Wildman–Crippen LogP) is 3.87. The molecular formula is C25H27N7O. The zero-order chi connectivity index (χ0) is 22.8. The van der Waals surface area contributed by atoms with Crippen molar-refractivity contribution in [1.29, 1.82) is 0 Å². The molecule has 2 aromatic heterocycles. The summed E-state index contributed by atoms with van der Waals surface area (Å²) in [7, 11) is 0. The Morgan fingerprint density at radius 1 is 1.15 bits per heavy atom. The van der Waals surface area contributed by atoms with Gasteiger partial charge in [0.05, 0.1) is 35.2 Å². The number of aryl methyl sites for hydroxylation is 1. The van der Waals surface area contributed by atoms with E-state index in [0.717, 1.165) is 29.3 Å². The van der Waals surface area contributed by atoms with E-state index in [9.17, 15) is 4.79 Å². The minimum atomic E-state index is 0.00350. The summed E-state index contributed by atoms with van der Waals surface area (Å²) in [5.41, 5.74) is 3.24. The summed E-state index contributed by atoms with van der Waals surface area (Å²) in [5, 5.41) is 12.9. The molecule has 168 valence electrons. The van der Waals surface area contributed by atoms with Gasteiger partial charge in [-0.3, -0.25) is 4.79 Å². The van der Waals surface area contributed by atoms with Crippen LogP contribution in [-0.2, 0) is 0 Å². The molecule has 8 heteroatoms. The van der Waals surface area contributed by atoms with E-state index in [1.807, 2.05) is 60.5 Å². The van der Waals surface area contributed by atoms with Crippen molar-refractivity contribution >= 4 is 22.8 Å². The second-order valence-electron chi connectivity index (χ2n) is 8.66. The fraction of sp³-hybridized carbons (Fsp3) is 0.320. The van der Waals surface area contributed by atoms with E-state index in [4.69, 9.17) is 0 Å². The Labute approximate surface area is 192 Å². The maximum atomic E-state index is 13.8. The molecule has 33 heavy (non-hydrogen) atoms. The SMILES string of the molecule is Cc1ccc(-n2nccn2)c(C(=O)N2CCC[C@@H](C)C2CNc2ncc3ccccc3n2)c1. The van der Waals surface area contributed by atoms with Crippen LogP contribution in [0.5, 0.6) is 0 Å². The largest absolute Gasteiger partial charge is 0.352 e. The Balaban J connectivity index is 1.41. The monoisotopic (exact) mass is 441 g/mol. The quantitative estimate of drug-likeness (QED) is 0.506. The Bertz CT molecular complexity index is 1270. The fourth-order valence-electron chi connectivity index (χ4n) is 4.56. The molecule has 1 unspecified atom stereocenters. The molecule has 1 aliphatic rings. The van der Waals surface area contributed by atoms with Crippen molar-refractivity contribution < 1.29 is 4.79 Å². The highest BCUT2D eigenvalue weighted by molar-refractivity contribution is 5.98. The third-order valence-electron chi connectivity index (χ3n) is 6.35. The van der Waals surface area contributed by atoms with Crippen molar-refractivity contribution in [3.63, 3.8) is 0 Å². The number of piperidine rings is 1. The summed E-state index contributed by atoms with van der Waals surface area (Å²) in [6, 6.07) is 13.8. The predicted molar refractivity (Wildman–Crippen MR) is 127 cm³/mol. The number of anilines is 1. The lowest BCUT2D eigenvalue weighted by Gasteiger charge is -2.40. The van der Waals surface area contributed by atoms with Gasteiger partial charge in [0, 0.05) is 24.7 Å². The number of benzene rings is 2. The first-order valence-electron chi connectivity index (χ1n) is 11.3. The van der Waals surface area contributed by atoms with E-state index in [1.54, 1.807) is 12.4 Å². The Hall–Kier alpha value is -3.81. The van der Waals surface area contributed by atoms with Gasteiger partial charge in [-0.05, 0) is 43.9 Å². The molecule has 8 nitrogen and oxygen atoms in total. The maximum absolute atomic E-state index is 13.8. The molecule has 2 aromatic carbocycles. The van der Waals surface area contributed by atoms with Crippen molar-refractivity contribution in [3.05, 3.63) is 72.2 Å². The first-order chi connectivity index (χ1) is 16.1. The highest BCUT2D eigenvalue weighted by atomic mass is 16.2. The molecule has 0 spiro atoms. The average Bonchev–Trinajstić information content (AvgIpc) is 3.37. The summed E-state index contributed by atoms with van der Waals surface area (Å²) in [6.07, 6.45) is 7.13. The number of fused-ring (bicyclic) bond motifs is 1. The number of para-hydroxylation sites is 1. The normalized spacial score (nSPS) is 18.4. The number of carbonyl (C=O) groups is 1. The van der Waals surface area contributed by atoms with E-state index in [2.05, 4.69) is 32.4 Å². The molecule has 0 bridgehead atoms. The lowest BCUT2D eigenvalue weighted by molar-refractivity contribution is 0.0539. The van der Waals surface area contributed by atoms with Crippen molar-refractivity contribution in [1.82, 2.24) is 29.9 Å². The molecule has 1 amide bonds. The van der Waals surface area contributed by atoms with Gasteiger partial charge < -0.3 is 10.2 Å². The van der Waals surface area contributed by atoms with Crippen LogP contribution >= 0.6 is 0 Å². The van der Waals surface area contributed by atoms with Crippen molar-refractivity contribution in [2.75, 3.05) is 18.4 Å². The molecule has 0 aliphatic carbocycles. The molecule has 1 saturated heterocycles. The van der Waals surface area contributed by atoms with Gasteiger partial charge in [0.1, 0.15) is 0 Å². The van der Waals surface area contributed by atoms with Gasteiger partial charge in [0.25, 0.3) is 5.91 Å². The zero-order valence-electron chi connectivity index (χ0n) is 18.8. The first kappa shape index (κ1) is 21.1. The molecule has 5 rings (SSSR count). The number of nitrogens with one attached hydrogen (secondary N) is 1. The number of aromatic nitrogens is 5. The number of carbonyl (C=O) groups excluding carboxylic acids is 1. The van der Waals surface area contributed by atoms with Gasteiger partial charge in [-0.2, -0.15) is 15.0 Å². The smallest absolute Gasteiger partial charge is 0.256 e. The van der Waals surface area contributed by atoms with E-state index in [1.165, 1.54) is 4.80 Å². The lowest BCUT2D eigenvalue weighted by atomic mass is 9.90. The summed E-state index contributed by atoms with van der Waals surface area (Å²) in [4.78, 5) is 26.4. The molecule has 3 heterocycles. The number of likely N-dealkylation sites (tertiary alicyclic amines) is 1. The van der Waals surface area contributed by atoms with Crippen LogP contribution in [0.1, 0.15) is 35.7 Å². The minimum Gasteiger partial charge on any atom is -0.352 e. The van der Waals surface area contributed by atoms with Crippen LogP contribution < -0.4 is 5.32 Å². The molecule has 0 saturated carbocycles. The van der Waals surface area contributed by atoms with Gasteiger partial charge in [-0.25, -0.2) is 9.97 Å². The van der Waals surface area contributed by atoms with E-state index >= 15 is 0 Å². The van der Waals surface area contributed by atoms with Crippen LogP contribution in [0.2, 0.25) is 0 Å². The molecule has 1 fully saturated rings.